The molecule has 1 amide bonds. The number of rotatable bonds is 4. The average Bonchev–Trinajstić information content (AvgIpc) is 2.42. The zero-order valence-electron chi connectivity index (χ0n) is 11.2. The number of nitrogens with one attached hydrogen (secondary N) is 1. The van der Waals surface area contributed by atoms with Gasteiger partial charge in [0.1, 0.15) is 0 Å². The molecule has 1 aromatic heterocycles. The van der Waals surface area contributed by atoms with Gasteiger partial charge in [-0.3, -0.25) is 9.36 Å². The summed E-state index contributed by atoms with van der Waals surface area (Å²) in [4.78, 5) is 26.9. The first-order valence-electron chi connectivity index (χ1n) is 6.24. The predicted molar refractivity (Wildman–Crippen MR) is 77.3 cm³/mol. The summed E-state index contributed by atoms with van der Waals surface area (Å²) in [5, 5.41) is 2.79. The number of nitrogen functional groups attached to an aromatic ring is 1. The molecule has 0 radical (unpaired) electrons. The summed E-state index contributed by atoms with van der Waals surface area (Å²) in [6.45, 7) is 2.18. The quantitative estimate of drug-likeness (QED) is 0.817. The largest absolute Gasteiger partial charge is 0.399 e. The Hall–Kier alpha value is -2.63. The predicted octanol–water partition coefficient (Wildman–Crippen LogP) is 1.16. The summed E-state index contributed by atoms with van der Waals surface area (Å²) in [6.07, 6.45) is 3.23. The molecule has 2 aromatic rings. The molecule has 3 N–H and O–H groups in total. The maximum Gasteiger partial charge on any atom is 0.347 e. The van der Waals surface area contributed by atoms with Crippen molar-refractivity contribution in [1.29, 1.82) is 0 Å². The number of hydrogen-bond acceptors (Lipinski definition) is 4. The molecular weight excluding hydrogens is 256 g/mol. The van der Waals surface area contributed by atoms with Crippen LogP contribution in [-0.2, 0) is 11.3 Å². The van der Waals surface area contributed by atoms with Gasteiger partial charge in [-0.25, -0.2) is 9.78 Å². The van der Waals surface area contributed by atoms with Crippen molar-refractivity contribution < 1.29 is 4.79 Å². The van der Waals surface area contributed by atoms with Gasteiger partial charge in [-0.1, -0.05) is 6.07 Å². The molecule has 0 spiro atoms. The fourth-order valence-electron chi connectivity index (χ4n) is 1.77. The molecule has 0 aliphatic carbocycles. The molecule has 1 heterocycles. The normalized spacial score (nSPS) is 10.2. The van der Waals surface area contributed by atoms with Crippen LogP contribution in [0.1, 0.15) is 12.0 Å². The van der Waals surface area contributed by atoms with Crippen LogP contribution < -0.4 is 16.7 Å². The van der Waals surface area contributed by atoms with Crippen LogP contribution in [0.4, 0.5) is 11.4 Å². The maximum absolute atomic E-state index is 11.9. The van der Waals surface area contributed by atoms with Crippen LogP contribution in [-0.4, -0.2) is 15.5 Å². The third-order valence-electron chi connectivity index (χ3n) is 2.90. The summed E-state index contributed by atoms with van der Waals surface area (Å²) in [6, 6.07) is 6.99. The molecule has 2 rings (SSSR count). The maximum atomic E-state index is 11.9. The SMILES string of the molecule is Cc1ccc(N)cc1NC(=O)CCn1cccnc1=O. The Bertz CT molecular complexity index is 679. The summed E-state index contributed by atoms with van der Waals surface area (Å²) < 4.78 is 1.39. The van der Waals surface area contributed by atoms with E-state index in [1.807, 2.05) is 13.0 Å². The van der Waals surface area contributed by atoms with Crippen LogP contribution >= 0.6 is 0 Å². The zero-order chi connectivity index (χ0) is 14.5. The van der Waals surface area contributed by atoms with E-state index >= 15 is 0 Å². The number of amides is 1. The van der Waals surface area contributed by atoms with E-state index in [9.17, 15) is 9.59 Å². The smallest absolute Gasteiger partial charge is 0.347 e. The lowest BCUT2D eigenvalue weighted by molar-refractivity contribution is -0.116. The molecule has 1 aromatic carbocycles. The molecule has 0 aliphatic rings. The van der Waals surface area contributed by atoms with Gasteiger partial charge in [-0.15, -0.1) is 0 Å². The molecule has 6 heteroatoms. The first kappa shape index (κ1) is 13.8. The van der Waals surface area contributed by atoms with Gasteiger partial charge in [-0.2, -0.15) is 0 Å². The molecule has 104 valence electrons. The number of nitrogens with zero attached hydrogens (tertiary/aromatic N) is 2. The highest BCUT2D eigenvalue weighted by Crippen LogP contribution is 2.18. The van der Waals surface area contributed by atoms with Crippen molar-refractivity contribution in [1.82, 2.24) is 9.55 Å². The van der Waals surface area contributed by atoms with Crippen LogP contribution in [0.2, 0.25) is 0 Å². The summed E-state index contributed by atoms with van der Waals surface area (Å²) in [5.74, 6) is -0.172. The Balaban J connectivity index is 1.98. The fourth-order valence-corrected chi connectivity index (χ4v) is 1.77. The van der Waals surface area contributed by atoms with Crippen LogP contribution in [0.5, 0.6) is 0 Å². The van der Waals surface area contributed by atoms with Crippen molar-refractivity contribution >= 4 is 17.3 Å². The minimum atomic E-state index is -0.361. The van der Waals surface area contributed by atoms with Gasteiger partial charge < -0.3 is 11.1 Å². The number of aryl methyl sites for hydroxylation is 2. The van der Waals surface area contributed by atoms with Gasteiger partial charge in [0, 0.05) is 36.7 Å². The highest BCUT2D eigenvalue weighted by molar-refractivity contribution is 5.91. The first-order valence-corrected chi connectivity index (χ1v) is 6.24. The van der Waals surface area contributed by atoms with E-state index in [0.717, 1.165) is 5.56 Å². The third kappa shape index (κ3) is 3.44. The lowest BCUT2D eigenvalue weighted by Crippen LogP contribution is -2.24. The summed E-state index contributed by atoms with van der Waals surface area (Å²) in [7, 11) is 0. The van der Waals surface area contributed by atoms with Gasteiger partial charge in [0.2, 0.25) is 5.91 Å². The zero-order valence-corrected chi connectivity index (χ0v) is 11.2. The van der Waals surface area contributed by atoms with Crippen molar-refractivity contribution in [3.05, 3.63) is 52.7 Å². The van der Waals surface area contributed by atoms with Crippen molar-refractivity contribution in [2.24, 2.45) is 0 Å². The van der Waals surface area contributed by atoms with E-state index < -0.39 is 0 Å². The Morgan fingerprint density at radius 1 is 1.45 bits per heavy atom. The number of anilines is 2. The molecule has 20 heavy (non-hydrogen) atoms. The first-order chi connectivity index (χ1) is 9.56. The van der Waals surface area contributed by atoms with E-state index in [0.29, 0.717) is 17.9 Å². The second-order valence-electron chi connectivity index (χ2n) is 4.47. The van der Waals surface area contributed by atoms with E-state index in [-0.39, 0.29) is 18.0 Å². The summed E-state index contributed by atoms with van der Waals surface area (Å²) in [5.41, 5.74) is 7.54. The average molecular weight is 272 g/mol. The highest BCUT2D eigenvalue weighted by Gasteiger charge is 2.06. The van der Waals surface area contributed by atoms with Crippen LogP contribution in [0.25, 0.3) is 0 Å². The molecule has 0 saturated carbocycles. The highest BCUT2D eigenvalue weighted by atomic mass is 16.2. The van der Waals surface area contributed by atoms with Gasteiger partial charge in [0.25, 0.3) is 0 Å². The monoisotopic (exact) mass is 272 g/mol. The number of hydrogen-bond donors (Lipinski definition) is 2. The van der Waals surface area contributed by atoms with E-state index in [4.69, 9.17) is 5.73 Å². The third-order valence-corrected chi connectivity index (χ3v) is 2.90. The molecule has 0 unspecified atom stereocenters. The second kappa shape index (κ2) is 6.01. The van der Waals surface area contributed by atoms with Crippen LogP contribution in [0, 0.1) is 6.92 Å². The number of carbonyl (C=O) groups excluding carboxylic acids is 1. The van der Waals surface area contributed by atoms with E-state index in [1.165, 1.54) is 10.8 Å². The topological polar surface area (TPSA) is 90.0 Å². The van der Waals surface area contributed by atoms with Gasteiger partial charge in [-0.05, 0) is 30.7 Å². The Morgan fingerprint density at radius 3 is 3.00 bits per heavy atom. The van der Waals surface area contributed by atoms with E-state index in [2.05, 4.69) is 10.3 Å². The number of aromatic nitrogens is 2. The van der Waals surface area contributed by atoms with Gasteiger partial charge >= 0.3 is 5.69 Å². The number of nitrogens with two attached hydrogens (primary N) is 1. The van der Waals surface area contributed by atoms with Gasteiger partial charge in [0.15, 0.2) is 0 Å². The molecule has 0 fully saturated rings. The van der Waals surface area contributed by atoms with Crippen LogP contribution in [0.3, 0.4) is 0 Å². The molecule has 0 atom stereocenters. The second-order valence-corrected chi connectivity index (χ2v) is 4.47. The van der Waals surface area contributed by atoms with E-state index in [1.54, 1.807) is 24.4 Å². The fraction of sp³-hybridized carbons (Fsp3) is 0.214. The summed E-state index contributed by atoms with van der Waals surface area (Å²) >= 11 is 0. The van der Waals surface area contributed by atoms with Gasteiger partial charge in [0.05, 0.1) is 0 Å². The standard InChI is InChI=1S/C14H16N4O2/c1-10-3-4-11(15)9-12(10)17-13(19)5-8-18-7-2-6-16-14(18)20/h2-4,6-7,9H,5,8,15H2,1H3,(H,17,19). The lowest BCUT2D eigenvalue weighted by Gasteiger charge is -2.09. The molecular formula is C14H16N4O2. The van der Waals surface area contributed by atoms with Crippen molar-refractivity contribution in [3.63, 3.8) is 0 Å². The molecule has 0 aliphatic heterocycles. The van der Waals surface area contributed by atoms with Crippen molar-refractivity contribution in [3.8, 4) is 0 Å². The van der Waals surface area contributed by atoms with Crippen molar-refractivity contribution in [2.45, 2.75) is 19.9 Å². The Labute approximate surface area is 116 Å². The lowest BCUT2D eigenvalue weighted by atomic mass is 10.2. The number of carbonyl (C=O) groups is 1. The van der Waals surface area contributed by atoms with Crippen molar-refractivity contribution in [2.75, 3.05) is 11.1 Å². The van der Waals surface area contributed by atoms with Crippen LogP contribution in [0.15, 0.2) is 41.5 Å². The minimum Gasteiger partial charge on any atom is -0.399 e. The minimum absolute atomic E-state index is 0.172. The molecule has 0 saturated heterocycles. The number of benzene rings is 1. The molecule has 0 bridgehead atoms. The molecule has 6 nitrogen and oxygen atoms in total. The Kier molecular flexibility index (Phi) is 4.14. The Morgan fingerprint density at radius 2 is 2.25 bits per heavy atom.